The normalized spacial score (nSPS) is 12.7. The van der Waals surface area contributed by atoms with Gasteiger partial charge in [0.15, 0.2) is 0 Å². The minimum atomic E-state index is -0.489. The van der Waals surface area contributed by atoms with Gasteiger partial charge >= 0.3 is 0 Å². The summed E-state index contributed by atoms with van der Waals surface area (Å²) < 4.78 is 12.8. The van der Waals surface area contributed by atoms with Crippen LogP contribution in [0.4, 0.5) is 17.1 Å². The van der Waals surface area contributed by atoms with Gasteiger partial charge < -0.3 is 13.7 Å². The Balaban J connectivity index is 0.916. The van der Waals surface area contributed by atoms with Gasteiger partial charge in [0.25, 0.3) is 0 Å². The maximum atomic E-state index is 6.59. The summed E-state index contributed by atoms with van der Waals surface area (Å²) in [6, 6.07) is 94.4. The molecule has 11 aromatic carbocycles. The summed E-state index contributed by atoms with van der Waals surface area (Å²) in [5.41, 5.74) is 20.6. The van der Waals surface area contributed by atoms with E-state index in [2.05, 4.69) is 248 Å². The van der Waals surface area contributed by atoms with E-state index in [0.717, 1.165) is 94.3 Å². The molecule has 3 heteroatoms. The van der Waals surface area contributed by atoms with Crippen molar-refractivity contribution < 1.29 is 8.83 Å². The van der Waals surface area contributed by atoms with E-state index in [4.69, 9.17) is 8.83 Å². The lowest BCUT2D eigenvalue weighted by molar-refractivity contribution is 0.669. The molecule has 70 heavy (non-hydrogen) atoms. The topological polar surface area (TPSA) is 29.5 Å². The number of fused-ring (bicyclic) bond motifs is 9. The first-order valence-corrected chi connectivity index (χ1v) is 24.0. The third-order valence-electron chi connectivity index (χ3n) is 14.6. The van der Waals surface area contributed by atoms with E-state index in [-0.39, 0.29) is 0 Å². The predicted octanol–water partition coefficient (Wildman–Crippen LogP) is 18.3. The van der Waals surface area contributed by atoms with Crippen LogP contribution in [0.15, 0.2) is 270 Å². The van der Waals surface area contributed by atoms with E-state index in [1.54, 1.807) is 0 Å². The third kappa shape index (κ3) is 6.22. The fourth-order valence-corrected chi connectivity index (χ4v) is 11.4. The van der Waals surface area contributed by atoms with Crippen molar-refractivity contribution in [1.82, 2.24) is 0 Å². The molecule has 14 rings (SSSR count). The predicted molar refractivity (Wildman–Crippen MR) is 289 cm³/mol. The second-order valence-electron chi connectivity index (χ2n) is 18.4. The van der Waals surface area contributed by atoms with Crippen LogP contribution < -0.4 is 4.90 Å². The van der Waals surface area contributed by atoms with Crippen LogP contribution in [0.3, 0.4) is 0 Å². The fraction of sp³-hybridized carbons (Fsp3) is 0.0149. The van der Waals surface area contributed by atoms with E-state index in [1.807, 2.05) is 18.2 Å². The van der Waals surface area contributed by atoms with Gasteiger partial charge in [-0.1, -0.05) is 194 Å². The SMILES string of the molecule is c1ccc(C2(c3ccccc3)c3ccccc3-c3cc(N(c4ccc(-c5cccc(-c6ccc7oc8ccccc8c7c6)c5)cc4)c4cccc(-c5cccc6c5oc5ccccc56)c4)ccc32)cc1. The van der Waals surface area contributed by atoms with E-state index in [0.29, 0.717) is 0 Å². The van der Waals surface area contributed by atoms with Gasteiger partial charge in [0, 0.05) is 44.2 Å². The summed E-state index contributed by atoms with van der Waals surface area (Å²) in [7, 11) is 0. The van der Waals surface area contributed by atoms with Crippen molar-refractivity contribution >= 4 is 60.9 Å². The Kier molecular flexibility index (Phi) is 9.11. The zero-order valence-electron chi connectivity index (χ0n) is 38.1. The average Bonchev–Trinajstić information content (AvgIpc) is 4.10. The van der Waals surface area contributed by atoms with Gasteiger partial charge in [-0.15, -0.1) is 0 Å². The van der Waals surface area contributed by atoms with Crippen LogP contribution >= 0.6 is 0 Å². The number of nitrogens with zero attached hydrogens (tertiary/aromatic N) is 1. The first-order chi connectivity index (χ1) is 34.7. The molecule has 0 N–H and O–H groups in total. The standard InChI is InChI=1S/C67H43NO2/c1-3-19-49(20-4-1)67(50-21-5-2-6-22-50)61-29-10-7-24-55(61)59-43-53(37-38-62(59)67)68(52-23-14-18-48(41-52)54-27-15-28-58-56-25-8-12-31-64(56)70-66(54)58)51-35-32-44(33-36-51)45-16-13-17-46(40-45)47-34-39-65-60(42-47)57-26-9-11-30-63(57)69-65/h1-43H. The van der Waals surface area contributed by atoms with Crippen LogP contribution in [0.2, 0.25) is 0 Å². The number of rotatable bonds is 8. The van der Waals surface area contributed by atoms with Crippen LogP contribution in [0.5, 0.6) is 0 Å². The Morgan fingerprint density at radius 3 is 1.59 bits per heavy atom. The van der Waals surface area contributed by atoms with Gasteiger partial charge in [0.2, 0.25) is 0 Å². The van der Waals surface area contributed by atoms with Crippen molar-refractivity contribution in [3.05, 3.63) is 283 Å². The van der Waals surface area contributed by atoms with Crippen molar-refractivity contribution in [2.24, 2.45) is 0 Å². The quantitative estimate of drug-likeness (QED) is 0.152. The zero-order valence-corrected chi connectivity index (χ0v) is 38.1. The number of para-hydroxylation sites is 3. The first kappa shape index (κ1) is 39.9. The largest absolute Gasteiger partial charge is 0.456 e. The zero-order chi connectivity index (χ0) is 46.2. The highest BCUT2D eigenvalue weighted by Gasteiger charge is 2.46. The molecule has 0 saturated carbocycles. The van der Waals surface area contributed by atoms with Crippen molar-refractivity contribution in [2.75, 3.05) is 4.90 Å². The molecule has 0 radical (unpaired) electrons. The third-order valence-corrected chi connectivity index (χ3v) is 14.6. The highest BCUT2D eigenvalue weighted by molar-refractivity contribution is 6.10. The second-order valence-corrected chi connectivity index (χ2v) is 18.4. The number of benzene rings is 11. The Morgan fingerprint density at radius 2 is 0.800 bits per heavy atom. The molecular formula is C67H43NO2. The Morgan fingerprint density at radius 1 is 0.271 bits per heavy atom. The molecule has 0 spiro atoms. The lowest BCUT2D eigenvalue weighted by Crippen LogP contribution is -2.28. The van der Waals surface area contributed by atoms with Gasteiger partial charge in [-0.3, -0.25) is 0 Å². The molecule has 0 bridgehead atoms. The van der Waals surface area contributed by atoms with Gasteiger partial charge in [-0.2, -0.15) is 0 Å². The van der Waals surface area contributed by atoms with Crippen LogP contribution in [0.1, 0.15) is 22.3 Å². The van der Waals surface area contributed by atoms with Crippen LogP contribution in [-0.2, 0) is 5.41 Å². The highest BCUT2D eigenvalue weighted by atomic mass is 16.3. The van der Waals surface area contributed by atoms with Crippen LogP contribution in [0.25, 0.3) is 88.4 Å². The minimum Gasteiger partial charge on any atom is -0.456 e. The summed E-state index contributed by atoms with van der Waals surface area (Å²) >= 11 is 0. The van der Waals surface area contributed by atoms with Crippen LogP contribution in [0, 0.1) is 0 Å². The Hall–Kier alpha value is -9.18. The van der Waals surface area contributed by atoms with E-state index in [1.165, 1.54) is 33.4 Å². The molecule has 0 fully saturated rings. The molecule has 13 aromatic rings. The first-order valence-electron chi connectivity index (χ1n) is 24.0. The van der Waals surface area contributed by atoms with Crippen molar-refractivity contribution in [2.45, 2.75) is 5.41 Å². The average molecular weight is 894 g/mol. The molecule has 0 aliphatic heterocycles. The maximum absolute atomic E-state index is 6.59. The number of anilines is 3. The number of hydrogen-bond donors (Lipinski definition) is 0. The summed E-state index contributed by atoms with van der Waals surface area (Å²) in [4.78, 5) is 2.40. The van der Waals surface area contributed by atoms with Crippen LogP contribution in [-0.4, -0.2) is 0 Å². The lowest BCUT2D eigenvalue weighted by Gasteiger charge is -2.34. The smallest absolute Gasteiger partial charge is 0.143 e. The Bertz CT molecular complexity index is 4090. The van der Waals surface area contributed by atoms with E-state index < -0.39 is 5.41 Å². The molecule has 1 aliphatic rings. The second kappa shape index (κ2) is 16.0. The molecule has 3 nitrogen and oxygen atoms in total. The Labute approximate surface area is 405 Å². The summed E-state index contributed by atoms with van der Waals surface area (Å²) in [5.74, 6) is 0. The van der Waals surface area contributed by atoms with Gasteiger partial charge in [0.1, 0.15) is 22.3 Å². The molecule has 1 aliphatic carbocycles. The number of hydrogen-bond acceptors (Lipinski definition) is 3. The number of furan rings is 2. The van der Waals surface area contributed by atoms with E-state index >= 15 is 0 Å². The molecule has 0 unspecified atom stereocenters. The van der Waals surface area contributed by atoms with Gasteiger partial charge in [0.05, 0.1) is 5.41 Å². The van der Waals surface area contributed by atoms with E-state index in [9.17, 15) is 0 Å². The molecule has 0 saturated heterocycles. The monoisotopic (exact) mass is 893 g/mol. The molecule has 0 amide bonds. The molecule has 0 atom stereocenters. The van der Waals surface area contributed by atoms with Gasteiger partial charge in [-0.25, -0.2) is 0 Å². The fourth-order valence-electron chi connectivity index (χ4n) is 11.4. The van der Waals surface area contributed by atoms with Crippen molar-refractivity contribution in [3.63, 3.8) is 0 Å². The molecular weight excluding hydrogens is 851 g/mol. The van der Waals surface area contributed by atoms with Gasteiger partial charge in [-0.05, 0) is 128 Å². The summed E-state index contributed by atoms with van der Waals surface area (Å²) in [6.45, 7) is 0. The lowest BCUT2D eigenvalue weighted by atomic mass is 9.68. The maximum Gasteiger partial charge on any atom is 0.143 e. The summed E-state index contributed by atoms with van der Waals surface area (Å²) in [6.07, 6.45) is 0. The summed E-state index contributed by atoms with van der Waals surface area (Å²) in [5, 5.41) is 4.49. The minimum absolute atomic E-state index is 0.489. The highest BCUT2D eigenvalue weighted by Crippen LogP contribution is 2.57. The molecule has 328 valence electrons. The van der Waals surface area contributed by atoms with Crippen molar-refractivity contribution in [3.8, 4) is 44.5 Å². The van der Waals surface area contributed by atoms with Crippen molar-refractivity contribution in [1.29, 1.82) is 0 Å². The molecule has 2 aromatic heterocycles. The molecule has 2 heterocycles.